The average Bonchev–Trinajstić information content (AvgIpc) is 3.41. The highest BCUT2D eigenvalue weighted by molar-refractivity contribution is 5.35. The van der Waals surface area contributed by atoms with E-state index < -0.39 is 28.9 Å². The number of hydrogen-bond donors (Lipinski definition) is 0. The maximum Gasteiger partial charge on any atom is 0.324 e. The standard InChI is InChI=1S/C20H21F4NO2/c1-13(2)26-9-3-4-14-5-8-18(25-11-14)20(23,24)19(12-27-19)16-7-6-15(21)10-17(16)22/h5-8,10-11,13H,3-4,9,12H2,1-2H3. The summed E-state index contributed by atoms with van der Waals surface area (Å²) in [6, 6.07) is 5.30. The highest BCUT2D eigenvalue weighted by Gasteiger charge is 2.68. The molecule has 146 valence electrons. The summed E-state index contributed by atoms with van der Waals surface area (Å²) < 4.78 is 67.6. The monoisotopic (exact) mass is 383 g/mol. The van der Waals surface area contributed by atoms with Crippen LogP contribution in [0, 0.1) is 11.6 Å². The summed E-state index contributed by atoms with van der Waals surface area (Å²) in [5.74, 6) is -5.45. The van der Waals surface area contributed by atoms with E-state index in [1.54, 1.807) is 6.07 Å². The van der Waals surface area contributed by atoms with Gasteiger partial charge in [-0.25, -0.2) is 8.78 Å². The van der Waals surface area contributed by atoms with Crippen molar-refractivity contribution in [1.29, 1.82) is 0 Å². The van der Waals surface area contributed by atoms with Crippen molar-refractivity contribution in [3.05, 3.63) is 65.0 Å². The van der Waals surface area contributed by atoms with Gasteiger partial charge in [-0.3, -0.25) is 4.98 Å². The van der Waals surface area contributed by atoms with Gasteiger partial charge in [0.1, 0.15) is 17.3 Å². The van der Waals surface area contributed by atoms with E-state index in [0.29, 0.717) is 19.1 Å². The number of ether oxygens (including phenoxy) is 2. The summed E-state index contributed by atoms with van der Waals surface area (Å²) in [5.41, 5.74) is -2.22. The maximum absolute atomic E-state index is 15.0. The van der Waals surface area contributed by atoms with Crippen molar-refractivity contribution in [2.24, 2.45) is 0 Å². The molecule has 2 heterocycles. The summed E-state index contributed by atoms with van der Waals surface area (Å²) >= 11 is 0. The van der Waals surface area contributed by atoms with E-state index in [0.717, 1.165) is 24.1 Å². The molecule has 1 saturated heterocycles. The molecule has 0 aliphatic carbocycles. The third-order valence-corrected chi connectivity index (χ3v) is 4.51. The largest absolute Gasteiger partial charge is 0.379 e. The Morgan fingerprint density at radius 3 is 2.52 bits per heavy atom. The van der Waals surface area contributed by atoms with Gasteiger partial charge < -0.3 is 9.47 Å². The second-order valence-corrected chi connectivity index (χ2v) is 6.89. The second-order valence-electron chi connectivity index (χ2n) is 6.89. The van der Waals surface area contributed by atoms with Gasteiger partial charge in [0.15, 0.2) is 5.60 Å². The lowest BCUT2D eigenvalue weighted by Gasteiger charge is -2.24. The van der Waals surface area contributed by atoms with Crippen LogP contribution < -0.4 is 0 Å². The molecule has 0 bridgehead atoms. The lowest BCUT2D eigenvalue weighted by molar-refractivity contribution is -0.0902. The number of aryl methyl sites for hydroxylation is 1. The van der Waals surface area contributed by atoms with Gasteiger partial charge in [-0.1, -0.05) is 6.07 Å². The molecular formula is C20H21F4NO2. The van der Waals surface area contributed by atoms with E-state index in [-0.39, 0.29) is 18.3 Å². The fourth-order valence-electron chi connectivity index (χ4n) is 2.96. The quantitative estimate of drug-likeness (QED) is 0.375. The molecule has 1 unspecified atom stereocenters. The summed E-state index contributed by atoms with van der Waals surface area (Å²) in [5, 5.41) is 0. The first kappa shape index (κ1) is 19.8. The Morgan fingerprint density at radius 1 is 1.22 bits per heavy atom. The number of aromatic nitrogens is 1. The number of alkyl halides is 2. The zero-order valence-electron chi connectivity index (χ0n) is 15.1. The van der Waals surface area contributed by atoms with Gasteiger partial charge in [0.2, 0.25) is 0 Å². The van der Waals surface area contributed by atoms with Crippen molar-refractivity contribution in [1.82, 2.24) is 4.98 Å². The van der Waals surface area contributed by atoms with Gasteiger partial charge in [-0.05, 0) is 50.5 Å². The molecule has 1 aliphatic rings. The molecule has 0 amide bonds. The Hall–Kier alpha value is -1.99. The van der Waals surface area contributed by atoms with Crippen LogP contribution in [-0.4, -0.2) is 24.3 Å². The van der Waals surface area contributed by atoms with Gasteiger partial charge in [0, 0.05) is 24.4 Å². The molecule has 27 heavy (non-hydrogen) atoms. The van der Waals surface area contributed by atoms with Crippen LogP contribution in [0.15, 0.2) is 36.5 Å². The molecule has 1 aromatic carbocycles. The molecule has 0 N–H and O–H groups in total. The van der Waals surface area contributed by atoms with Crippen LogP contribution in [0.3, 0.4) is 0 Å². The molecule has 1 aromatic heterocycles. The summed E-state index contributed by atoms with van der Waals surface area (Å²) in [6.07, 6.45) is 2.93. The van der Waals surface area contributed by atoms with Crippen molar-refractivity contribution in [2.75, 3.05) is 13.2 Å². The van der Waals surface area contributed by atoms with Gasteiger partial charge in [-0.15, -0.1) is 0 Å². The van der Waals surface area contributed by atoms with Crippen molar-refractivity contribution >= 4 is 0 Å². The summed E-state index contributed by atoms with van der Waals surface area (Å²) in [4.78, 5) is 3.88. The number of rotatable bonds is 8. The Balaban J connectivity index is 1.75. The van der Waals surface area contributed by atoms with E-state index in [9.17, 15) is 8.78 Å². The van der Waals surface area contributed by atoms with E-state index >= 15 is 8.78 Å². The third-order valence-electron chi connectivity index (χ3n) is 4.51. The highest BCUT2D eigenvalue weighted by atomic mass is 19.3. The van der Waals surface area contributed by atoms with E-state index in [2.05, 4.69) is 4.98 Å². The van der Waals surface area contributed by atoms with Crippen molar-refractivity contribution in [2.45, 2.75) is 44.3 Å². The van der Waals surface area contributed by atoms with Gasteiger partial charge in [0.25, 0.3) is 0 Å². The van der Waals surface area contributed by atoms with Crippen LogP contribution in [0.25, 0.3) is 0 Å². The number of epoxide rings is 1. The fraction of sp³-hybridized carbons (Fsp3) is 0.450. The second kappa shape index (κ2) is 7.56. The number of nitrogens with zero attached hydrogens (tertiary/aromatic N) is 1. The van der Waals surface area contributed by atoms with Crippen LogP contribution in [0.2, 0.25) is 0 Å². The van der Waals surface area contributed by atoms with E-state index in [1.165, 1.54) is 12.3 Å². The van der Waals surface area contributed by atoms with Gasteiger partial charge in [0.05, 0.1) is 12.7 Å². The molecule has 7 heteroatoms. The Labute approximate surface area is 155 Å². The lowest BCUT2D eigenvalue weighted by atomic mass is 9.90. The van der Waals surface area contributed by atoms with Crippen LogP contribution in [0.4, 0.5) is 17.6 Å². The molecule has 0 saturated carbocycles. The molecule has 0 spiro atoms. The predicted molar refractivity (Wildman–Crippen MR) is 91.5 cm³/mol. The normalized spacial score (nSPS) is 19.5. The predicted octanol–water partition coefficient (Wildman–Crippen LogP) is 4.73. The average molecular weight is 383 g/mol. The fourth-order valence-corrected chi connectivity index (χ4v) is 2.96. The minimum Gasteiger partial charge on any atom is -0.379 e. The number of benzene rings is 1. The zero-order chi connectivity index (χ0) is 19.7. The zero-order valence-corrected chi connectivity index (χ0v) is 15.1. The molecule has 1 aliphatic heterocycles. The molecule has 3 rings (SSSR count). The van der Waals surface area contributed by atoms with Crippen LogP contribution in [0.1, 0.15) is 37.1 Å². The molecular weight excluding hydrogens is 362 g/mol. The highest BCUT2D eigenvalue weighted by Crippen LogP contribution is 2.56. The molecule has 1 fully saturated rings. The Bertz CT molecular complexity index is 789. The van der Waals surface area contributed by atoms with E-state index in [4.69, 9.17) is 9.47 Å². The summed E-state index contributed by atoms with van der Waals surface area (Å²) in [6.45, 7) is 4.10. The Kier molecular flexibility index (Phi) is 5.53. The van der Waals surface area contributed by atoms with Gasteiger partial charge >= 0.3 is 5.92 Å². The smallest absolute Gasteiger partial charge is 0.324 e. The van der Waals surface area contributed by atoms with Crippen LogP contribution >= 0.6 is 0 Å². The Morgan fingerprint density at radius 2 is 1.96 bits per heavy atom. The first-order valence-electron chi connectivity index (χ1n) is 8.80. The molecule has 0 radical (unpaired) electrons. The number of pyridine rings is 1. The van der Waals surface area contributed by atoms with Crippen LogP contribution in [-0.2, 0) is 27.4 Å². The van der Waals surface area contributed by atoms with Crippen molar-refractivity contribution in [3.63, 3.8) is 0 Å². The number of hydrogen-bond acceptors (Lipinski definition) is 3. The van der Waals surface area contributed by atoms with Crippen molar-refractivity contribution < 1.29 is 27.0 Å². The van der Waals surface area contributed by atoms with E-state index in [1.807, 2.05) is 13.8 Å². The topological polar surface area (TPSA) is 34.6 Å². The molecule has 2 aromatic rings. The summed E-state index contributed by atoms with van der Waals surface area (Å²) in [7, 11) is 0. The SMILES string of the molecule is CC(C)OCCCc1ccc(C(F)(F)C2(c3ccc(F)cc3F)CO2)nc1. The third kappa shape index (κ3) is 3.99. The van der Waals surface area contributed by atoms with Crippen LogP contribution in [0.5, 0.6) is 0 Å². The lowest BCUT2D eigenvalue weighted by Crippen LogP contribution is -2.34. The minimum atomic E-state index is -3.55. The maximum atomic E-state index is 15.0. The number of halogens is 4. The first-order chi connectivity index (χ1) is 12.8. The van der Waals surface area contributed by atoms with Gasteiger partial charge in [-0.2, -0.15) is 8.78 Å². The minimum absolute atomic E-state index is 0.144. The molecule has 1 atom stereocenters. The van der Waals surface area contributed by atoms with Crippen molar-refractivity contribution in [3.8, 4) is 0 Å². The first-order valence-corrected chi connectivity index (χ1v) is 8.80. The molecule has 3 nitrogen and oxygen atoms in total.